The van der Waals surface area contributed by atoms with E-state index < -0.39 is 5.60 Å². The molecule has 0 aromatic carbocycles. The first-order valence-electron chi connectivity index (χ1n) is 12.0. The minimum absolute atomic E-state index is 0.00188. The third kappa shape index (κ3) is 6.36. The van der Waals surface area contributed by atoms with E-state index in [2.05, 4.69) is 4.90 Å². The zero-order chi connectivity index (χ0) is 23.5. The van der Waals surface area contributed by atoms with Crippen LogP contribution in [0.4, 0.5) is 10.6 Å². The summed E-state index contributed by atoms with van der Waals surface area (Å²) in [5.74, 6) is 2.40. The highest BCUT2D eigenvalue weighted by Crippen LogP contribution is 2.31. The molecule has 7 heteroatoms. The van der Waals surface area contributed by atoms with Crippen molar-refractivity contribution in [3.8, 4) is 0 Å². The molecule has 2 aliphatic rings. The van der Waals surface area contributed by atoms with Gasteiger partial charge in [-0.25, -0.2) is 9.78 Å². The van der Waals surface area contributed by atoms with E-state index in [-0.39, 0.29) is 12.0 Å². The SMILES string of the molecule is Cc1nc(N2CCC(CC3CCN(C(=O)OC(C)(C)C)CC3)CC2)ccc1C(=O)N(C)C. The van der Waals surface area contributed by atoms with Crippen LogP contribution in [0, 0.1) is 18.8 Å². The van der Waals surface area contributed by atoms with Gasteiger partial charge in [0.05, 0.1) is 11.3 Å². The third-order valence-electron chi connectivity index (χ3n) is 6.58. The van der Waals surface area contributed by atoms with Crippen molar-refractivity contribution in [3.05, 3.63) is 23.4 Å². The second kappa shape index (κ2) is 10.1. The molecule has 0 saturated carbocycles. The summed E-state index contributed by atoms with van der Waals surface area (Å²) in [5, 5.41) is 0. The molecule has 7 nitrogen and oxygen atoms in total. The number of pyridine rings is 1. The molecule has 0 radical (unpaired) electrons. The van der Waals surface area contributed by atoms with Gasteiger partial charge < -0.3 is 19.4 Å². The van der Waals surface area contributed by atoms with Crippen molar-refractivity contribution in [1.82, 2.24) is 14.8 Å². The van der Waals surface area contributed by atoms with Crippen molar-refractivity contribution in [2.24, 2.45) is 11.8 Å². The number of aromatic nitrogens is 1. The number of piperidine rings is 2. The number of hydrogen-bond donors (Lipinski definition) is 0. The van der Waals surface area contributed by atoms with Gasteiger partial charge in [0.15, 0.2) is 0 Å². The van der Waals surface area contributed by atoms with E-state index in [0.717, 1.165) is 56.5 Å². The van der Waals surface area contributed by atoms with Gasteiger partial charge in [-0.05, 0) is 83.8 Å². The van der Waals surface area contributed by atoms with E-state index in [4.69, 9.17) is 9.72 Å². The van der Waals surface area contributed by atoms with Gasteiger partial charge >= 0.3 is 6.09 Å². The summed E-state index contributed by atoms with van der Waals surface area (Å²) in [6.07, 6.45) is 5.56. The first-order valence-corrected chi connectivity index (χ1v) is 12.0. The maximum absolute atomic E-state index is 12.3. The smallest absolute Gasteiger partial charge is 0.410 e. The van der Waals surface area contributed by atoms with E-state index in [1.54, 1.807) is 19.0 Å². The first-order chi connectivity index (χ1) is 15.0. The molecule has 0 unspecified atom stereocenters. The fourth-order valence-electron chi connectivity index (χ4n) is 4.74. The number of aryl methyl sites for hydroxylation is 1. The minimum Gasteiger partial charge on any atom is -0.444 e. The Balaban J connectivity index is 1.44. The Kier molecular flexibility index (Phi) is 7.67. The molecule has 0 N–H and O–H groups in total. The number of likely N-dealkylation sites (tertiary alicyclic amines) is 1. The van der Waals surface area contributed by atoms with Crippen LogP contribution in [0.25, 0.3) is 0 Å². The number of carbonyl (C=O) groups is 2. The summed E-state index contributed by atoms with van der Waals surface area (Å²) in [6.45, 7) is 11.3. The molecule has 1 aromatic rings. The fraction of sp³-hybridized carbons (Fsp3) is 0.720. The Bertz CT molecular complexity index is 802. The van der Waals surface area contributed by atoms with E-state index in [1.807, 2.05) is 44.7 Å². The second-order valence-corrected chi connectivity index (χ2v) is 10.6. The van der Waals surface area contributed by atoms with E-state index >= 15 is 0 Å². The summed E-state index contributed by atoms with van der Waals surface area (Å²) in [6, 6.07) is 3.89. The highest BCUT2D eigenvalue weighted by molar-refractivity contribution is 5.95. The van der Waals surface area contributed by atoms with Crippen molar-refractivity contribution in [2.45, 2.75) is 65.4 Å². The number of carbonyl (C=O) groups excluding carboxylic acids is 2. The van der Waals surface area contributed by atoms with Crippen LogP contribution in [-0.4, -0.2) is 72.7 Å². The van der Waals surface area contributed by atoms with E-state index in [1.165, 1.54) is 19.3 Å². The molecular formula is C25H40N4O3. The van der Waals surface area contributed by atoms with Crippen LogP contribution in [0.3, 0.4) is 0 Å². The number of anilines is 1. The quantitative estimate of drug-likeness (QED) is 0.691. The van der Waals surface area contributed by atoms with Gasteiger partial charge in [0.2, 0.25) is 0 Å². The third-order valence-corrected chi connectivity index (χ3v) is 6.58. The lowest BCUT2D eigenvalue weighted by atomic mass is 9.83. The van der Waals surface area contributed by atoms with Gasteiger partial charge in [0.1, 0.15) is 11.4 Å². The predicted octanol–water partition coefficient (Wildman–Crippen LogP) is 4.35. The van der Waals surface area contributed by atoms with Gasteiger partial charge in [0.25, 0.3) is 5.91 Å². The van der Waals surface area contributed by atoms with Crippen LogP contribution in [0.2, 0.25) is 0 Å². The van der Waals surface area contributed by atoms with Crippen LogP contribution in [0.15, 0.2) is 12.1 Å². The molecule has 3 rings (SSSR count). The topological polar surface area (TPSA) is 66.0 Å². The molecule has 2 amide bonds. The van der Waals surface area contributed by atoms with Crippen molar-refractivity contribution in [3.63, 3.8) is 0 Å². The van der Waals surface area contributed by atoms with Gasteiger partial charge in [-0.15, -0.1) is 0 Å². The molecule has 1 aromatic heterocycles. The molecule has 2 fully saturated rings. The molecule has 0 bridgehead atoms. The number of rotatable bonds is 4. The van der Waals surface area contributed by atoms with Gasteiger partial charge in [-0.1, -0.05) is 0 Å². The monoisotopic (exact) mass is 444 g/mol. The molecule has 0 atom stereocenters. The largest absolute Gasteiger partial charge is 0.444 e. The van der Waals surface area contributed by atoms with Gasteiger partial charge in [0, 0.05) is 40.3 Å². The van der Waals surface area contributed by atoms with Crippen molar-refractivity contribution < 1.29 is 14.3 Å². The highest BCUT2D eigenvalue weighted by Gasteiger charge is 2.29. The molecular weight excluding hydrogens is 404 g/mol. The Morgan fingerprint density at radius 3 is 2.09 bits per heavy atom. The lowest BCUT2D eigenvalue weighted by Crippen LogP contribution is -2.42. The maximum Gasteiger partial charge on any atom is 0.410 e. The lowest BCUT2D eigenvalue weighted by Gasteiger charge is -2.37. The van der Waals surface area contributed by atoms with Crippen LogP contribution in [0.1, 0.15) is 68.9 Å². The van der Waals surface area contributed by atoms with Crippen LogP contribution >= 0.6 is 0 Å². The number of hydrogen-bond acceptors (Lipinski definition) is 5. The predicted molar refractivity (Wildman–Crippen MR) is 127 cm³/mol. The average Bonchev–Trinajstić information content (AvgIpc) is 2.73. The highest BCUT2D eigenvalue weighted by atomic mass is 16.6. The standard InChI is InChI=1S/C25H40N4O3/c1-18-21(23(30)27(5)6)7-8-22(26-18)28-13-9-19(10-14-28)17-20-11-15-29(16-12-20)24(31)32-25(2,3)4/h7-8,19-20H,9-17H2,1-6H3. The Morgan fingerprint density at radius 2 is 1.59 bits per heavy atom. The molecule has 3 heterocycles. The summed E-state index contributed by atoms with van der Waals surface area (Å²) < 4.78 is 5.51. The zero-order valence-corrected chi connectivity index (χ0v) is 20.7. The molecule has 0 aliphatic carbocycles. The molecule has 2 aliphatic heterocycles. The molecule has 2 saturated heterocycles. The Labute approximate surface area is 193 Å². The Hall–Kier alpha value is -2.31. The maximum atomic E-state index is 12.3. The number of nitrogens with zero attached hydrogens (tertiary/aromatic N) is 4. The molecule has 178 valence electrons. The first kappa shape index (κ1) is 24.3. The lowest BCUT2D eigenvalue weighted by molar-refractivity contribution is 0.0174. The summed E-state index contributed by atoms with van der Waals surface area (Å²) in [4.78, 5) is 35.0. The van der Waals surface area contributed by atoms with Crippen molar-refractivity contribution in [2.75, 3.05) is 45.2 Å². The van der Waals surface area contributed by atoms with E-state index in [9.17, 15) is 9.59 Å². The van der Waals surface area contributed by atoms with E-state index in [0.29, 0.717) is 11.5 Å². The number of ether oxygens (including phenoxy) is 1. The summed E-state index contributed by atoms with van der Waals surface area (Å²) in [5.41, 5.74) is 1.03. The number of amides is 2. The van der Waals surface area contributed by atoms with Crippen molar-refractivity contribution in [1.29, 1.82) is 0 Å². The van der Waals surface area contributed by atoms with Crippen LogP contribution in [-0.2, 0) is 4.74 Å². The fourth-order valence-corrected chi connectivity index (χ4v) is 4.74. The summed E-state index contributed by atoms with van der Waals surface area (Å²) in [7, 11) is 3.53. The normalized spacial score (nSPS) is 18.6. The molecule has 0 spiro atoms. The minimum atomic E-state index is -0.433. The van der Waals surface area contributed by atoms with Gasteiger partial charge in [-0.2, -0.15) is 0 Å². The Morgan fingerprint density at radius 1 is 1.03 bits per heavy atom. The molecule has 32 heavy (non-hydrogen) atoms. The summed E-state index contributed by atoms with van der Waals surface area (Å²) >= 11 is 0. The van der Waals surface area contributed by atoms with Crippen LogP contribution in [0.5, 0.6) is 0 Å². The average molecular weight is 445 g/mol. The van der Waals surface area contributed by atoms with Crippen LogP contribution < -0.4 is 4.90 Å². The zero-order valence-electron chi connectivity index (χ0n) is 20.7. The van der Waals surface area contributed by atoms with Crippen molar-refractivity contribution >= 4 is 17.8 Å². The second-order valence-electron chi connectivity index (χ2n) is 10.6. The van der Waals surface area contributed by atoms with Gasteiger partial charge in [-0.3, -0.25) is 4.79 Å².